The molecule has 3 atom stereocenters. The predicted octanol–water partition coefficient (Wildman–Crippen LogP) is 2.56. The highest BCUT2D eigenvalue weighted by Crippen LogP contribution is 2.23. The number of amides is 2. The number of rotatable bonds is 4. The summed E-state index contributed by atoms with van der Waals surface area (Å²) in [4.78, 5) is 16.8. The first kappa shape index (κ1) is 16.7. The van der Waals surface area contributed by atoms with Crippen LogP contribution in [0.25, 0.3) is 0 Å². The normalized spacial score (nSPS) is 25.3. The molecule has 23 heavy (non-hydrogen) atoms. The smallest absolute Gasteiger partial charge is 0.317 e. The van der Waals surface area contributed by atoms with Gasteiger partial charge in [0.1, 0.15) is 0 Å². The van der Waals surface area contributed by atoms with E-state index in [0.717, 1.165) is 45.8 Å². The van der Waals surface area contributed by atoms with Crippen LogP contribution >= 0.6 is 11.3 Å². The number of piperazine rings is 1. The summed E-state index contributed by atoms with van der Waals surface area (Å²) in [6.45, 7) is 9.41. The Morgan fingerprint density at radius 2 is 2.13 bits per heavy atom. The highest BCUT2D eigenvalue weighted by atomic mass is 32.1. The van der Waals surface area contributed by atoms with E-state index in [4.69, 9.17) is 4.74 Å². The van der Waals surface area contributed by atoms with Crippen molar-refractivity contribution in [2.24, 2.45) is 5.92 Å². The van der Waals surface area contributed by atoms with E-state index in [9.17, 15) is 4.79 Å². The van der Waals surface area contributed by atoms with Gasteiger partial charge in [0.05, 0.1) is 6.61 Å². The van der Waals surface area contributed by atoms with E-state index in [1.54, 1.807) is 11.3 Å². The summed E-state index contributed by atoms with van der Waals surface area (Å²) in [5.74, 6) is 0.457. The Bertz CT molecular complexity index is 494. The van der Waals surface area contributed by atoms with Gasteiger partial charge in [0.2, 0.25) is 0 Å². The summed E-state index contributed by atoms with van der Waals surface area (Å²) in [6, 6.07) is 2.89. The van der Waals surface area contributed by atoms with Crippen molar-refractivity contribution >= 4 is 17.4 Å². The summed E-state index contributed by atoms with van der Waals surface area (Å²) in [6.07, 6.45) is 1.05. The molecule has 0 radical (unpaired) electrons. The van der Waals surface area contributed by atoms with Gasteiger partial charge in [-0.2, -0.15) is 11.3 Å². The zero-order valence-corrected chi connectivity index (χ0v) is 14.8. The van der Waals surface area contributed by atoms with Crippen LogP contribution in [0.15, 0.2) is 16.8 Å². The fourth-order valence-electron chi connectivity index (χ4n) is 3.39. The highest BCUT2D eigenvalue weighted by molar-refractivity contribution is 7.07. The van der Waals surface area contributed by atoms with Gasteiger partial charge in [-0.15, -0.1) is 0 Å². The van der Waals surface area contributed by atoms with Crippen molar-refractivity contribution in [2.75, 3.05) is 39.4 Å². The summed E-state index contributed by atoms with van der Waals surface area (Å²) in [5.41, 5.74) is 1.38. The molecule has 2 amide bonds. The van der Waals surface area contributed by atoms with Gasteiger partial charge in [-0.05, 0) is 42.7 Å². The minimum atomic E-state index is 0.0761. The number of hydrogen-bond acceptors (Lipinski definition) is 4. The predicted molar refractivity (Wildman–Crippen MR) is 92.8 cm³/mol. The fraction of sp³-hybridized carbons (Fsp3) is 0.706. The Morgan fingerprint density at radius 3 is 2.74 bits per heavy atom. The second-order valence-electron chi connectivity index (χ2n) is 6.62. The first-order chi connectivity index (χ1) is 11.1. The van der Waals surface area contributed by atoms with Crippen molar-refractivity contribution in [3.63, 3.8) is 0 Å². The van der Waals surface area contributed by atoms with Gasteiger partial charge in [0.25, 0.3) is 0 Å². The van der Waals surface area contributed by atoms with Gasteiger partial charge in [-0.25, -0.2) is 4.79 Å². The van der Waals surface area contributed by atoms with Crippen LogP contribution in [-0.2, 0) is 4.74 Å². The molecule has 0 spiro atoms. The summed E-state index contributed by atoms with van der Waals surface area (Å²) < 4.78 is 5.41. The Balaban J connectivity index is 1.45. The van der Waals surface area contributed by atoms with E-state index in [1.165, 1.54) is 5.56 Å². The molecule has 3 heterocycles. The molecule has 128 valence electrons. The van der Waals surface area contributed by atoms with Crippen molar-refractivity contribution < 1.29 is 9.53 Å². The molecule has 1 aromatic heterocycles. The Morgan fingerprint density at radius 1 is 1.35 bits per heavy atom. The molecule has 0 aromatic carbocycles. The van der Waals surface area contributed by atoms with Gasteiger partial charge in [0.15, 0.2) is 0 Å². The summed E-state index contributed by atoms with van der Waals surface area (Å²) in [5, 5.41) is 7.50. The van der Waals surface area contributed by atoms with Crippen LogP contribution in [0.4, 0.5) is 4.79 Å². The van der Waals surface area contributed by atoms with E-state index in [1.807, 2.05) is 4.90 Å². The topological polar surface area (TPSA) is 44.8 Å². The molecule has 0 saturated carbocycles. The molecule has 0 aliphatic carbocycles. The first-order valence-electron chi connectivity index (χ1n) is 8.54. The van der Waals surface area contributed by atoms with Crippen LogP contribution in [0.2, 0.25) is 0 Å². The van der Waals surface area contributed by atoms with Crippen LogP contribution in [0.1, 0.15) is 31.9 Å². The maximum absolute atomic E-state index is 12.4. The number of carbonyl (C=O) groups excluding carboxylic acids is 1. The van der Waals surface area contributed by atoms with Gasteiger partial charge in [-0.3, -0.25) is 4.90 Å². The number of hydrogen-bond donors (Lipinski definition) is 1. The maximum Gasteiger partial charge on any atom is 0.317 e. The number of carbonyl (C=O) groups is 1. The average Bonchev–Trinajstić information content (AvgIpc) is 3.27. The second kappa shape index (κ2) is 7.64. The SMILES string of the molecule is C[C@H](NC(=O)N1CCN([C@H](C)c2ccsc2)CC1)[C@@H]1CCOC1. The third-order valence-corrected chi connectivity index (χ3v) is 5.90. The molecular weight excluding hydrogens is 310 g/mol. The van der Waals surface area contributed by atoms with Crippen LogP contribution in [-0.4, -0.2) is 61.3 Å². The van der Waals surface area contributed by atoms with Gasteiger partial charge < -0.3 is 15.0 Å². The molecule has 2 saturated heterocycles. The van der Waals surface area contributed by atoms with Crippen LogP contribution in [0.5, 0.6) is 0 Å². The zero-order chi connectivity index (χ0) is 16.2. The highest BCUT2D eigenvalue weighted by Gasteiger charge is 2.28. The molecule has 0 bridgehead atoms. The number of thiophene rings is 1. The van der Waals surface area contributed by atoms with E-state index < -0.39 is 0 Å². The molecule has 2 aliphatic heterocycles. The molecule has 1 aromatic rings. The molecular formula is C17H27N3O2S. The number of urea groups is 1. The molecule has 0 unspecified atom stereocenters. The summed E-state index contributed by atoms with van der Waals surface area (Å²) >= 11 is 1.74. The molecule has 2 fully saturated rings. The van der Waals surface area contributed by atoms with Crippen LogP contribution in [0.3, 0.4) is 0 Å². The lowest BCUT2D eigenvalue weighted by atomic mass is 10.0. The van der Waals surface area contributed by atoms with Crippen molar-refractivity contribution in [3.8, 4) is 0 Å². The molecule has 2 aliphatic rings. The van der Waals surface area contributed by atoms with Gasteiger partial charge in [0, 0.05) is 50.8 Å². The van der Waals surface area contributed by atoms with E-state index in [-0.39, 0.29) is 12.1 Å². The second-order valence-corrected chi connectivity index (χ2v) is 7.40. The zero-order valence-electron chi connectivity index (χ0n) is 14.0. The van der Waals surface area contributed by atoms with Crippen molar-refractivity contribution in [3.05, 3.63) is 22.4 Å². The molecule has 3 rings (SSSR count). The van der Waals surface area contributed by atoms with Crippen LogP contribution < -0.4 is 5.32 Å². The maximum atomic E-state index is 12.4. The van der Waals surface area contributed by atoms with Crippen LogP contribution in [0, 0.1) is 5.92 Å². The first-order valence-corrected chi connectivity index (χ1v) is 9.48. The summed E-state index contributed by atoms with van der Waals surface area (Å²) in [7, 11) is 0. The minimum absolute atomic E-state index is 0.0761. The van der Waals surface area contributed by atoms with Gasteiger partial charge in [-0.1, -0.05) is 0 Å². The standard InChI is InChI=1S/C17H27N3O2S/c1-13(15-3-9-22-11-15)18-17(21)20-7-5-19(6-8-20)14(2)16-4-10-23-12-16/h4,10,12-15H,3,5-9,11H2,1-2H3,(H,18,21)/t13-,14+,15+/m0/s1. The number of ether oxygens (including phenoxy) is 1. The fourth-order valence-corrected chi connectivity index (χ4v) is 4.13. The number of nitrogens with one attached hydrogen (secondary N) is 1. The third-order valence-electron chi connectivity index (χ3n) is 5.20. The monoisotopic (exact) mass is 337 g/mol. The van der Waals surface area contributed by atoms with Crippen molar-refractivity contribution in [2.45, 2.75) is 32.4 Å². The quantitative estimate of drug-likeness (QED) is 0.918. The average molecular weight is 337 g/mol. The Labute approximate surface area is 142 Å². The lowest BCUT2D eigenvalue weighted by Crippen LogP contribution is -2.54. The van der Waals surface area contributed by atoms with Crippen molar-refractivity contribution in [1.29, 1.82) is 0 Å². The van der Waals surface area contributed by atoms with Gasteiger partial charge >= 0.3 is 6.03 Å². The lowest BCUT2D eigenvalue weighted by Gasteiger charge is -2.38. The lowest BCUT2D eigenvalue weighted by molar-refractivity contribution is 0.111. The van der Waals surface area contributed by atoms with Crippen molar-refractivity contribution in [1.82, 2.24) is 15.1 Å². The van der Waals surface area contributed by atoms with E-state index in [2.05, 4.69) is 40.9 Å². The Kier molecular flexibility index (Phi) is 5.56. The number of nitrogens with zero attached hydrogens (tertiary/aromatic N) is 2. The van der Waals surface area contributed by atoms with E-state index in [0.29, 0.717) is 12.0 Å². The van der Waals surface area contributed by atoms with E-state index >= 15 is 0 Å². The largest absolute Gasteiger partial charge is 0.381 e. The third kappa shape index (κ3) is 4.05. The molecule has 6 heteroatoms. The Hall–Kier alpha value is -1.11. The molecule has 1 N–H and O–H groups in total. The molecule has 5 nitrogen and oxygen atoms in total. The minimum Gasteiger partial charge on any atom is -0.381 e.